The summed E-state index contributed by atoms with van der Waals surface area (Å²) >= 11 is 6.51. The molecule has 0 radical (unpaired) electrons. The van der Waals surface area contributed by atoms with E-state index >= 15 is 0 Å². The second kappa shape index (κ2) is 5.70. The van der Waals surface area contributed by atoms with E-state index in [2.05, 4.69) is 11.9 Å². The molecule has 0 unspecified atom stereocenters. The van der Waals surface area contributed by atoms with Crippen LogP contribution in [0.3, 0.4) is 0 Å². The number of carbonyl (C=O) groups excluding carboxylic acids is 1. The van der Waals surface area contributed by atoms with Crippen LogP contribution in [-0.2, 0) is 16.8 Å². The number of aliphatic imine (C=N–C) groups is 1. The van der Waals surface area contributed by atoms with E-state index in [9.17, 15) is 4.79 Å². The van der Waals surface area contributed by atoms with Crippen LogP contribution in [0.15, 0.2) is 11.1 Å². The monoisotopic (exact) mass is 307 g/mol. The fourth-order valence-electron chi connectivity index (χ4n) is 3.20. The van der Waals surface area contributed by atoms with E-state index in [0.717, 1.165) is 49.0 Å². The van der Waals surface area contributed by atoms with Gasteiger partial charge in [0.15, 0.2) is 11.5 Å². The summed E-state index contributed by atoms with van der Waals surface area (Å²) in [6, 6.07) is 1.80. The Morgan fingerprint density at radius 3 is 2.71 bits per heavy atom. The molecule has 0 aromatic heterocycles. The van der Waals surface area contributed by atoms with Gasteiger partial charge in [-0.2, -0.15) is 4.99 Å². The highest BCUT2D eigenvalue weighted by Crippen LogP contribution is 2.52. The summed E-state index contributed by atoms with van der Waals surface area (Å²) in [4.78, 5) is 14.9. The van der Waals surface area contributed by atoms with Crippen LogP contribution >= 0.6 is 11.6 Å². The SMILES string of the molecule is CCc1c2c(cc(Cl)c1C1(N=C=O)CCC1)OCCCO2. The van der Waals surface area contributed by atoms with Crippen LogP contribution in [0.2, 0.25) is 5.02 Å². The molecule has 1 aromatic rings. The van der Waals surface area contributed by atoms with E-state index in [1.807, 2.05) is 0 Å². The Labute approximate surface area is 129 Å². The Bertz CT molecular complexity index is 604. The van der Waals surface area contributed by atoms with Crippen molar-refractivity contribution in [2.75, 3.05) is 13.2 Å². The van der Waals surface area contributed by atoms with Crippen molar-refractivity contribution in [3.8, 4) is 11.5 Å². The minimum Gasteiger partial charge on any atom is -0.489 e. The summed E-state index contributed by atoms with van der Waals surface area (Å²) in [5, 5.41) is 0.606. The van der Waals surface area contributed by atoms with Gasteiger partial charge in [-0.05, 0) is 25.7 Å². The first kappa shape index (κ1) is 14.4. The van der Waals surface area contributed by atoms with Crippen LogP contribution in [0.5, 0.6) is 11.5 Å². The maximum Gasteiger partial charge on any atom is 0.235 e. The largest absolute Gasteiger partial charge is 0.489 e. The first-order chi connectivity index (χ1) is 10.2. The summed E-state index contributed by atoms with van der Waals surface area (Å²) < 4.78 is 11.6. The molecular weight excluding hydrogens is 290 g/mol. The molecule has 21 heavy (non-hydrogen) atoms. The van der Waals surface area contributed by atoms with E-state index in [0.29, 0.717) is 24.0 Å². The number of hydrogen-bond acceptors (Lipinski definition) is 4. The fraction of sp³-hybridized carbons (Fsp3) is 0.562. The number of rotatable bonds is 3. The van der Waals surface area contributed by atoms with Crippen LogP contribution in [0, 0.1) is 0 Å². The van der Waals surface area contributed by atoms with Crippen LogP contribution in [-0.4, -0.2) is 19.3 Å². The highest BCUT2D eigenvalue weighted by molar-refractivity contribution is 6.32. The number of isocyanates is 1. The predicted molar refractivity (Wildman–Crippen MR) is 80.1 cm³/mol. The molecule has 1 saturated carbocycles. The highest BCUT2D eigenvalue weighted by Gasteiger charge is 2.43. The summed E-state index contributed by atoms with van der Waals surface area (Å²) in [6.45, 7) is 3.31. The van der Waals surface area contributed by atoms with Crippen LogP contribution in [0.25, 0.3) is 0 Å². The third-order valence-electron chi connectivity index (χ3n) is 4.35. The van der Waals surface area contributed by atoms with Crippen LogP contribution < -0.4 is 9.47 Å². The number of fused-ring (bicyclic) bond motifs is 1. The fourth-order valence-corrected chi connectivity index (χ4v) is 3.59. The first-order valence-corrected chi connectivity index (χ1v) is 7.80. The Balaban J connectivity index is 2.20. The number of ether oxygens (including phenoxy) is 2. The van der Waals surface area contributed by atoms with Gasteiger partial charge in [0.2, 0.25) is 6.08 Å². The second-order valence-electron chi connectivity index (χ2n) is 5.53. The van der Waals surface area contributed by atoms with E-state index in [4.69, 9.17) is 21.1 Å². The Kier molecular flexibility index (Phi) is 3.92. The summed E-state index contributed by atoms with van der Waals surface area (Å²) in [5.41, 5.74) is 1.41. The van der Waals surface area contributed by atoms with Crippen LogP contribution in [0.4, 0.5) is 0 Å². The molecule has 1 aromatic carbocycles. The van der Waals surface area contributed by atoms with E-state index in [1.54, 1.807) is 12.1 Å². The summed E-state index contributed by atoms with van der Waals surface area (Å²) in [7, 11) is 0. The van der Waals surface area contributed by atoms with E-state index in [-0.39, 0.29) is 0 Å². The van der Waals surface area contributed by atoms with Gasteiger partial charge in [-0.1, -0.05) is 18.5 Å². The lowest BCUT2D eigenvalue weighted by atomic mass is 9.70. The molecule has 1 heterocycles. The van der Waals surface area contributed by atoms with Gasteiger partial charge < -0.3 is 9.47 Å². The van der Waals surface area contributed by atoms with Gasteiger partial charge in [0.05, 0.1) is 18.2 Å². The van der Waals surface area contributed by atoms with Crippen molar-refractivity contribution in [3.63, 3.8) is 0 Å². The van der Waals surface area contributed by atoms with E-state index in [1.165, 1.54) is 0 Å². The number of halogens is 1. The van der Waals surface area contributed by atoms with Crippen molar-refractivity contribution in [3.05, 3.63) is 22.2 Å². The lowest BCUT2D eigenvalue weighted by Crippen LogP contribution is -2.33. The lowest BCUT2D eigenvalue weighted by Gasteiger charge is -2.39. The van der Waals surface area contributed by atoms with Crippen molar-refractivity contribution < 1.29 is 14.3 Å². The molecule has 4 nitrogen and oxygen atoms in total. The molecule has 0 saturated heterocycles. The van der Waals surface area contributed by atoms with Crippen molar-refractivity contribution in [2.45, 2.75) is 44.6 Å². The summed E-state index contributed by atoms with van der Waals surface area (Å²) in [6.07, 6.45) is 6.03. The van der Waals surface area contributed by atoms with Crippen molar-refractivity contribution in [1.29, 1.82) is 0 Å². The molecule has 0 spiro atoms. The molecule has 112 valence electrons. The zero-order valence-electron chi connectivity index (χ0n) is 12.1. The molecule has 1 aliphatic carbocycles. The Hall–Kier alpha value is -1.51. The smallest absolute Gasteiger partial charge is 0.235 e. The third kappa shape index (κ3) is 2.33. The molecule has 5 heteroatoms. The Morgan fingerprint density at radius 2 is 2.10 bits per heavy atom. The number of nitrogens with zero attached hydrogens (tertiary/aromatic N) is 1. The minimum atomic E-state index is -0.519. The van der Waals surface area contributed by atoms with Gasteiger partial charge in [0, 0.05) is 23.6 Å². The number of benzene rings is 1. The average molecular weight is 308 g/mol. The maximum absolute atomic E-state index is 10.9. The topological polar surface area (TPSA) is 47.9 Å². The predicted octanol–water partition coefficient (Wildman–Crippen LogP) is 3.78. The molecular formula is C16H18ClNO3. The molecule has 0 amide bonds. The van der Waals surface area contributed by atoms with E-state index < -0.39 is 5.54 Å². The zero-order valence-corrected chi connectivity index (χ0v) is 12.8. The zero-order chi connectivity index (χ0) is 14.9. The molecule has 0 N–H and O–H groups in total. The van der Waals surface area contributed by atoms with Gasteiger partial charge in [-0.3, -0.25) is 0 Å². The minimum absolute atomic E-state index is 0.519. The lowest BCUT2D eigenvalue weighted by molar-refractivity contribution is 0.251. The molecule has 0 bridgehead atoms. The van der Waals surface area contributed by atoms with Gasteiger partial charge in [-0.25, -0.2) is 4.79 Å². The average Bonchev–Trinajstić information content (AvgIpc) is 2.67. The standard InChI is InChI=1S/C16H18ClNO3/c1-2-11-14(16(18-10-19)5-3-6-16)12(17)9-13-15(11)21-8-4-7-20-13/h9H,2-8H2,1H3. The maximum atomic E-state index is 10.9. The third-order valence-corrected chi connectivity index (χ3v) is 4.65. The van der Waals surface area contributed by atoms with Gasteiger partial charge in [0.1, 0.15) is 5.54 Å². The van der Waals surface area contributed by atoms with Gasteiger partial charge in [-0.15, -0.1) is 0 Å². The first-order valence-electron chi connectivity index (χ1n) is 7.42. The summed E-state index contributed by atoms with van der Waals surface area (Å²) in [5.74, 6) is 1.46. The highest BCUT2D eigenvalue weighted by atomic mass is 35.5. The van der Waals surface area contributed by atoms with Gasteiger partial charge >= 0.3 is 0 Å². The van der Waals surface area contributed by atoms with Crippen molar-refractivity contribution in [2.24, 2.45) is 4.99 Å². The second-order valence-corrected chi connectivity index (χ2v) is 5.94. The van der Waals surface area contributed by atoms with Crippen molar-refractivity contribution >= 4 is 17.7 Å². The molecule has 1 aliphatic heterocycles. The van der Waals surface area contributed by atoms with Gasteiger partial charge in [0.25, 0.3) is 0 Å². The molecule has 1 fully saturated rings. The van der Waals surface area contributed by atoms with Crippen LogP contribution in [0.1, 0.15) is 43.7 Å². The Morgan fingerprint density at radius 1 is 1.33 bits per heavy atom. The normalized spacial score (nSPS) is 19.1. The quantitative estimate of drug-likeness (QED) is 0.630. The molecule has 3 rings (SSSR count). The van der Waals surface area contributed by atoms with Crippen molar-refractivity contribution in [1.82, 2.24) is 0 Å². The number of hydrogen-bond donors (Lipinski definition) is 0. The molecule has 2 aliphatic rings. The molecule has 0 atom stereocenters.